The molecular weight excluding hydrogens is 275 g/mol. The number of carboxylic acids is 1. The standard InChI is InChI=1S/C15H15FN2O3/c1-2-9-21-11-5-3-10(4-6-11)18-14-13(16)12(15(19)20)7-8-17-14/h3-8H,2,9H2,1H3,(H,17,18)(H,19,20). The topological polar surface area (TPSA) is 71.5 Å². The molecule has 0 unspecified atom stereocenters. The highest BCUT2D eigenvalue weighted by atomic mass is 19.1. The first-order chi connectivity index (χ1) is 10.1. The average molecular weight is 290 g/mol. The summed E-state index contributed by atoms with van der Waals surface area (Å²) in [6, 6.07) is 8.03. The van der Waals surface area contributed by atoms with E-state index in [2.05, 4.69) is 10.3 Å². The summed E-state index contributed by atoms with van der Waals surface area (Å²) in [5.41, 5.74) is 0.170. The molecule has 1 aromatic heterocycles. The fourth-order valence-electron chi connectivity index (χ4n) is 1.69. The van der Waals surface area contributed by atoms with Gasteiger partial charge >= 0.3 is 5.97 Å². The lowest BCUT2D eigenvalue weighted by Gasteiger charge is -2.09. The van der Waals surface area contributed by atoms with Crippen LogP contribution in [0.15, 0.2) is 36.5 Å². The molecule has 0 spiro atoms. The number of nitrogens with zero attached hydrogens (tertiary/aromatic N) is 1. The molecule has 110 valence electrons. The van der Waals surface area contributed by atoms with Gasteiger partial charge in [-0.05, 0) is 36.8 Å². The molecule has 0 fully saturated rings. The predicted octanol–water partition coefficient (Wildman–Crippen LogP) is 3.45. The second kappa shape index (κ2) is 6.69. The molecule has 6 heteroatoms. The minimum absolute atomic E-state index is 0.128. The maximum absolute atomic E-state index is 13.9. The number of hydrogen-bond donors (Lipinski definition) is 2. The number of rotatable bonds is 6. The minimum Gasteiger partial charge on any atom is -0.494 e. The van der Waals surface area contributed by atoms with Gasteiger partial charge in [0.25, 0.3) is 0 Å². The monoisotopic (exact) mass is 290 g/mol. The van der Waals surface area contributed by atoms with Crippen molar-refractivity contribution in [2.45, 2.75) is 13.3 Å². The van der Waals surface area contributed by atoms with E-state index >= 15 is 0 Å². The van der Waals surface area contributed by atoms with Crippen molar-refractivity contribution in [2.24, 2.45) is 0 Å². The zero-order chi connectivity index (χ0) is 15.2. The van der Waals surface area contributed by atoms with Gasteiger partial charge in [0, 0.05) is 11.9 Å². The van der Waals surface area contributed by atoms with Crippen LogP contribution in [0.3, 0.4) is 0 Å². The molecule has 0 aliphatic rings. The molecule has 1 aromatic carbocycles. The summed E-state index contributed by atoms with van der Waals surface area (Å²) in [4.78, 5) is 14.7. The molecular formula is C15H15FN2O3. The van der Waals surface area contributed by atoms with E-state index in [0.717, 1.165) is 18.2 Å². The fourth-order valence-corrected chi connectivity index (χ4v) is 1.69. The van der Waals surface area contributed by atoms with Gasteiger partial charge in [-0.25, -0.2) is 14.2 Å². The van der Waals surface area contributed by atoms with E-state index in [0.29, 0.717) is 12.3 Å². The third-order valence-electron chi connectivity index (χ3n) is 2.71. The number of aromatic carboxylic acids is 1. The summed E-state index contributed by atoms with van der Waals surface area (Å²) in [5, 5.41) is 11.6. The van der Waals surface area contributed by atoms with Gasteiger partial charge in [0.2, 0.25) is 0 Å². The molecule has 0 saturated heterocycles. The van der Waals surface area contributed by atoms with E-state index < -0.39 is 17.3 Å². The number of carboxylic acid groups (broad SMARTS) is 1. The minimum atomic E-state index is -1.33. The van der Waals surface area contributed by atoms with Gasteiger partial charge in [0.05, 0.1) is 6.61 Å². The van der Waals surface area contributed by atoms with Crippen LogP contribution in [0.1, 0.15) is 23.7 Å². The third kappa shape index (κ3) is 3.68. The van der Waals surface area contributed by atoms with Gasteiger partial charge in [-0.1, -0.05) is 6.92 Å². The van der Waals surface area contributed by atoms with Crippen LogP contribution in [0.2, 0.25) is 0 Å². The van der Waals surface area contributed by atoms with E-state index in [9.17, 15) is 9.18 Å². The zero-order valence-electron chi connectivity index (χ0n) is 11.5. The lowest BCUT2D eigenvalue weighted by Crippen LogP contribution is -2.05. The molecule has 0 aliphatic carbocycles. The molecule has 21 heavy (non-hydrogen) atoms. The lowest BCUT2D eigenvalue weighted by molar-refractivity contribution is 0.0692. The Balaban J connectivity index is 2.15. The summed E-state index contributed by atoms with van der Waals surface area (Å²) in [6.07, 6.45) is 2.16. The number of anilines is 2. The van der Waals surface area contributed by atoms with E-state index in [4.69, 9.17) is 9.84 Å². The Labute approximate surface area is 121 Å². The Hall–Kier alpha value is -2.63. The van der Waals surface area contributed by atoms with Crippen LogP contribution in [0.4, 0.5) is 15.9 Å². The van der Waals surface area contributed by atoms with Crippen molar-refractivity contribution < 1.29 is 19.0 Å². The van der Waals surface area contributed by atoms with Crippen molar-refractivity contribution in [3.63, 3.8) is 0 Å². The highest BCUT2D eigenvalue weighted by Gasteiger charge is 2.15. The number of aromatic nitrogens is 1. The predicted molar refractivity (Wildman–Crippen MR) is 76.7 cm³/mol. The molecule has 2 N–H and O–H groups in total. The van der Waals surface area contributed by atoms with Crippen LogP contribution in [0.25, 0.3) is 0 Å². The van der Waals surface area contributed by atoms with Gasteiger partial charge in [-0.15, -0.1) is 0 Å². The molecule has 0 amide bonds. The van der Waals surface area contributed by atoms with Crippen LogP contribution in [0.5, 0.6) is 5.75 Å². The first-order valence-corrected chi connectivity index (χ1v) is 6.49. The van der Waals surface area contributed by atoms with E-state index in [-0.39, 0.29) is 5.82 Å². The molecule has 2 aromatic rings. The molecule has 5 nitrogen and oxygen atoms in total. The number of nitrogens with one attached hydrogen (secondary N) is 1. The number of benzene rings is 1. The smallest absolute Gasteiger partial charge is 0.338 e. The first-order valence-electron chi connectivity index (χ1n) is 6.49. The number of carbonyl (C=O) groups is 1. The Morgan fingerprint density at radius 2 is 2.05 bits per heavy atom. The van der Waals surface area contributed by atoms with Gasteiger partial charge < -0.3 is 15.2 Å². The average Bonchev–Trinajstić information content (AvgIpc) is 2.48. The van der Waals surface area contributed by atoms with Crippen molar-refractivity contribution >= 4 is 17.5 Å². The van der Waals surface area contributed by atoms with E-state index in [1.54, 1.807) is 24.3 Å². The Kier molecular flexibility index (Phi) is 4.71. The summed E-state index contributed by atoms with van der Waals surface area (Å²) in [7, 11) is 0. The second-order valence-electron chi connectivity index (χ2n) is 4.32. The van der Waals surface area contributed by atoms with Gasteiger partial charge in [0.1, 0.15) is 11.3 Å². The van der Waals surface area contributed by atoms with Crippen molar-refractivity contribution in [1.29, 1.82) is 0 Å². The van der Waals surface area contributed by atoms with E-state index in [1.807, 2.05) is 6.92 Å². The highest BCUT2D eigenvalue weighted by molar-refractivity contribution is 5.89. The maximum atomic E-state index is 13.9. The Morgan fingerprint density at radius 1 is 1.33 bits per heavy atom. The molecule has 2 rings (SSSR count). The van der Waals surface area contributed by atoms with Gasteiger partial charge in [-0.3, -0.25) is 0 Å². The molecule has 0 atom stereocenters. The largest absolute Gasteiger partial charge is 0.494 e. The van der Waals surface area contributed by atoms with Crippen molar-refractivity contribution in [1.82, 2.24) is 4.98 Å². The highest BCUT2D eigenvalue weighted by Crippen LogP contribution is 2.22. The van der Waals surface area contributed by atoms with Crippen LogP contribution in [-0.2, 0) is 0 Å². The van der Waals surface area contributed by atoms with Crippen molar-refractivity contribution in [2.75, 3.05) is 11.9 Å². The fraction of sp³-hybridized carbons (Fsp3) is 0.200. The lowest BCUT2D eigenvalue weighted by atomic mass is 10.2. The van der Waals surface area contributed by atoms with E-state index in [1.165, 1.54) is 6.20 Å². The normalized spacial score (nSPS) is 10.2. The molecule has 0 radical (unpaired) electrons. The maximum Gasteiger partial charge on any atom is 0.338 e. The molecule has 0 saturated carbocycles. The number of hydrogen-bond acceptors (Lipinski definition) is 4. The Bertz CT molecular complexity index is 629. The van der Waals surface area contributed by atoms with Crippen molar-refractivity contribution in [3.05, 3.63) is 47.9 Å². The third-order valence-corrected chi connectivity index (χ3v) is 2.71. The molecule has 1 heterocycles. The summed E-state index contributed by atoms with van der Waals surface area (Å²) in [6.45, 7) is 2.64. The van der Waals surface area contributed by atoms with Gasteiger partial charge in [-0.2, -0.15) is 0 Å². The van der Waals surface area contributed by atoms with Crippen LogP contribution < -0.4 is 10.1 Å². The number of pyridine rings is 1. The van der Waals surface area contributed by atoms with Gasteiger partial charge in [0.15, 0.2) is 11.6 Å². The quantitative estimate of drug-likeness (QED) is 0.852. The summed E-state index contributed by atoms with van der Waals surface area (Å²) >= 11 is 0. The molecule has 0 aliphatic heterocycles. The summed E-state index contributed by atoms with van der Waals surface area (Å²) < 4.78 is 19.4. The number of ether oxygens (including phenoxy) is 1. The zero-order valence-corrected chi connectivity index (χ0v) is 11.5. The van der Waals surface area contributed by atoms with Crippen LogP contribution in [0, 0.1) is 5.82 Å². The SMILES string of the molecule is CCCOc1ccc(Nc2nccc(C(=O)O)c2F)cc1. The Morgan fingerprint density at radius 3 is 2.67 bits per heavy atom. The van der Waals surface area contributed by atoms with Crippen LogP contribution >= 0.6 is 0 Å². The van der Waals surface area contributed by atoms with Crippen molar-refractivity contribution in [3.8, 4) is 5.75 Å². The van der Waals surface area contributed by atoms with Crippen LogP contribution in [-0.4, -0.2) is 22.7 Å². The first kappa shape index (κ1) is 14.8. The second-order valence-corrected chi connectivity index (χ2v) is 4.32. The molecule has 0 bridgehead atoms. The summed E-state index contributed by atoms with van der Waals surface area (Å²) in [5.74, 6) is -1.63. The number of halogens is 1.